The van der Waals surface area contributed by atoms with Crippen molar-refractivity contribution in [2.24, 2.45) is 0 Å². The number of aromatic nitrogens is 1. The van der Waals surface area contributed by atoms with E-state index in [-0.39, 0.29) is 0 Å². The molecule has 0 atom stereocenters. The Morgan fingerprint density at radius 1 is 0.545 bits per heavy atom. The lowest BCUT2D eigenvalue weighted by Crippen LogP contribution is -1.98. The summed E-state index contributed by atoms with van der Waals surface area (Å²) in [5, 5.41) is 5.32. The van der Waals surface area contributed by atoms with Crippen molar-refractivity contribution in [2.45, 2.75) is 39.5 Å². The number of aryl methyl sites for hydroxylation is 2. The van der Waals surface area contributed by atoms with Gasteiger partial charge in [0.2, 0.25) is 0 Å². The number of thiophene rings is 1. The maximum absolute atomic E-state index is 2.52. The lowest BCUT2D eigenvalue weighted by atomic mass is 9.97. The zero-order valence-corrected chi connectivity index (χ0v) is 26.1. The van der Waals surface area contributed by atoms with Crippen LogP contribution in [0.2, 0.25) is 0 Å². The summed E-state index contributed by atoms with van der Waals surface area (Å²) < 4.78 is 5.22. The number of para-hydroxylation sites is 1. The summed E-state index contributed by atoms with van der Waals surface area (Å²) >= 11 is 1.89. The van der Waals surface area contributed by atoms with E-state index in [9.17, 15) is 0 Å². The third-order valence-corrected chi connectivity index (χ3v) is 10.4. The molecule has 0 bridgehead atoms. The number of fused-ring (bicyclic) bond motifs is 6. The minimum atomic E-state index is 1.02. The second kappa shape index (κ2) is 11.1. The first-order valence-electron chi connectivity index (χ1n) is 15.9. The minimum Gasteiger partial charge on any atom is -0.309 e. The van der Waals surface area contributed by atoms with Gasteiger partial charge in [-0.2, -0.15) is 0 Å². The zero-order chi connectivity index (χ0) is 29.6. The molecular weight excluding hydrogens is 551 g/mol. The first-order chi connectivity index (χ1) is 21.7. The molecule has 0 aliphatic heterocycles. The minimum absolute atomic E-state index is 1.02. The highest BCUT2D eigenvalue weighted by molar-refractivity contribution is 7.26. The van der Waals surface area contributed by atoms with Crippen molar-refractivity contribution in [1.29, 1.82) is 0 Å². The second-order valence-corrected chi connectivity index (χ2v) is 12.9. The van der Waals surface area contributed by atoms with Crippen LogP contribution in [0.15, 0.2) is 127 Å². The Balaban J connectivity index is 1.34. The summed E-state index contributed by atoms with van der Waals surface area (Å²) in [4.78, 5) is 0. The van der Waals surface area contributed by atoms with E-state index in [1.165, 1.54) is 93.9 Å². The van der Waals surface area contributed by atoms with Crippen LogP contribution in [0, 0.1) is 0 Å². The lowest BCUT2D eigenvalue weighted by Gasteiger charge is -2.16. The van der Waals surface area contributed by atoms with Crippen molar-refractivity contribution >= 4 is 53.3 Å². The first kappa shape index (κ1) is 26.9. The van der Waals surface area contributed by atoms with Gasteiger partial charge in [-0.05, 0) is 77.4 Å². The standard InChI is InChI=1S/C42H35NS/c1-3-5-12-29-22-24-35-34-23-21-28(4-2)25-39(34)43(40(35)26-29)38-19-8-6-15-32(38)30-13-10-14-31(27-30)33-17-11-18-37-36-16-7-9-20-41(36)44-42(33)37/h6-11,13-27H,3-5,12H2,1-2H3. The maximum atomic E-state index is 2.52. The fourth-order valence-electron chi connectivity index (χ4n) is 6.87. The predicted molar refractivity (Wildman–Crippen MR) is 193 cm³/mol. The Bertz CT molecular complexity index is 2320. The molecule has 0 saturated heterocycles. The molecule has 0 amide bonds. The Hall–Kier alpha value is -4.66. The van der Waals surface area contributed by atoms with E-state index >= 15 is 0 Å². The van der Waals surface area contributed by atoms with Crippen LogP contribution in [0.3, 0.4) is 0 Å². The molecule has 0 radical (unpaired) electrons. The van der Waals surface area contributed by atoms with Crippen molar-refractivity contribution in [3.8, 4) is 27.9 Å². The molecule has 0 aliphatic carbocycles. The van der Waals surface area contributed by atoms with Crippen LogP contribution >= 0.6 is 11.3 Å². The van der Waals surface area contributed by atoms with E-state index in [2.05, 4.69) is 146 Å². The van der Waals surface area contributed by atoms with E-state index in [1.54, 1.807) is 0 Å². The summed E-state index contributed by atoms with van der Waals surface area (Å²) in [6.07, 6.45) is 4.55. The van der Waals surface area contributed by atoms with Crippen molar-refractivity contribution in [3.05, 3.63) is 139 Å². The van der Waals surface area contributed by atoms with Gasteiger partial charge in [0.05, 0.1) is 16.7 Å². The molecule has 8 rings (SSSR count). The molecule has 6 aromatic carbocycles. The number of hydrogen-bond acceptors (Lipinski definition) is 1. The summed E-state index contributed by atoms with van der Waals surface area (Å²) in [6, 6.07) is 47.7. The number of benzene rings is 6. The monoisotopic (exact) mass is 585 g/mol. The molecule has 0 fully saturated rings. The summed E-state index contributed by atoms with van der Waals surface area (Å²) in [5.41, 5.74) is 11.6. The van der Waals surface area contributed by atoms with Gasteiger partial charge >= 0.3 is 0 Å². The van der Waals surface area contributed by atoms with E-state index in [4.69, 9.17) is 0 Å². The van der Waals surface area contributed by atoms with Gasteiger partial charge in [-0.3, -0.25) is 0 Å². The highest BCUT2D eigenvalue weighted by atomic mass is 32.1. The van der Waals surface area contributed by atoms with E-state index in [0.29, 0.717) is 0 Å². The molecule has 214 valence electrons. The Labute approximate surface area is 263 Å². The predicted octanol–water partition coefficient (Wildman–Crippen LogP) is 12.4. The Morgan fingerprint density at radius 3 is 2.02 bits per heavy atom. The maximum Gasteiger partial charge on any atom is 0.0544 e. The largest absolute Gasteiger partial charge is 0.309 e. The van der Waals surface area contributed by atoms with E-state index < -0.39 is 0 Å². The molecule has 0 saturated carbocycles. The Morgan fingerprint density at radius 2 is 1.20 bits per heavy atom. The summed E-state index contributed by atoms with van der Waals surface area (Å²) in [6.45, 7) is 4.51. The summed E-state index contributed by atoms with van der Waals surface area (Å²) in [7, 11) is 0. The van der Waals surface area contributed by atoms with Crippen molar-refractivity contribution in [3.63, 3.8) is 0 Å². The van der Waals surface area contributed by atoms with Crippen LogP contribution in [-0.4, -0.2) is 4.57 Å². The summed E-state index contributed by atoms with van der Waals surface area (Å²) in [5.74, 6) is 0. The second-order valence-electron chi connectivity index (χ2n) is 11.9. The average molecular weight is 586 g/mol. The number of nitrogens with zero attached hydrogens (tertiary/aromatic N) is 1. The molecule has 2 heteroatoms. The van der Waals surface area contributed by atoms with Crippen molar-refractivity contribution < 1.29 is 0 Å². The molecule has 0 spiro atoms. The van der Waals surface area contributed by atoms with Crippen LogP contribution < -0.4 is 0 Å². The number of unbranched alkanes of at least 4 members (excludes halogenated alkanes) is 1. The van der Waals surface area contributed by atoms with Gasteiger partial charge in [0, 0.05) is 36.5 Å². The highest BCUT2D eigenvalue weighted by Gasteiger charge is 2.17. The van der Waals surface area contributed by atoms with Crippen LogP contribution in [0.25, 0.3) is 69.9 Å². The van der Waals surface area contributed by atoms with Gasteiger partial charge in [0.25, 0.3) is 0 Å². The van der Waals surface area contributed by atoms with Crippen LogP contribution in [-0.2, 0) is 12.8 Å². The van der Waals surface area contributed by atoms with Crippen LogP contribution in [0.1, 0.15) is 37.8 Å². The van der Waals surface area contributed by atoms with Gasteiger partial charge in [-0.1, -0.05) is 117 Å². The van der Waals surface area contributed by atoms with Gasteiger partial charge < -0.3 is 4.57 Å². The van der Waals surface area contributed by atoms with Gasteiger partial charge in [0.15, 0.2) is 0 Å². The average Bonchev–Trinajstić information content (AvgIpc) is 3.62. The van der Waals surface area contributed by atoms with Crippen LogP contribution in [0.5, 0.6) is 0 Å². The molecule has 0 N–H and O–H groups in total. The van der Waals surface area contributed by atoms with Crippen molar-refractivity contribution in [2.75, 3.05) is 0 Å². The smallest absolute Gasteiger partial charge is 0.0544 e. The molecule has 2 heterocycles. The fraction of sp³-hybridized carbons (Fsp3) is 0.143. The number of rotatable bonds is 7. The third kappa shape index (κ3) is 4.44. The normalized spacial score (nSPS) is 11.8. The third-order valence-electron chi connectivity index (χ3n) is 9.16. The van der Waals surface area contributed by atoms with Crippen molar-refractivity contribution in [1.82, 2.24) is 4.57 Å². The van der Waals surface area contributed by atoms with Gasteiger partial charge in [0.1, 0.15) is 0 Å². The van der Waals surface area contributed by atoms with Gasteiger partial charge in [-0.15, -0.1) is 11.3 Å². The zero-order valence-electron chi connectivity index (χ0n) is 25.3. The van der Waals surface area contributed by atoms with Crippen LogP contribution in [0.4, 0.5) is 0 Å². The van der Waals surface area contributed by atoms with E-state index in [1.807, 2.05) is 11.3 Å². The Kier molecular flexibility index (Phi) is 6.80. The molecule has 0 aliphatic rings. The highest BCUT2D eigenvalue weighted by Crippen LogP contribution is 2.42. The molecule has 2 aromatic heterocycles. The van der Waals surface area contributed by atoms with Gasteiger partial charge in [-0.25, -0.2) is 0 Å². The number of hydrogen-bond donors (Lipinski definition) is 0. The molecule has 0 unspecified atom stereocenters. The molecule has 1 nitrogen and oxygen atoms in total. The molecular formula is C42H35NS. The molecule has 8 aromatic rings. The molecule has 44 heavy (non-hydrogen) atoms. The van der Waals surface area contributed by atoms with E-state index in [0.717, 1.165) is 12.8 Å². The first-order valence-corrected chi connectivity index (χ1v) is 16.7. The fourth-order valence-corrected chi connectivity index (χ4v) is 8.11. The SMILES string of the molecule is CCCCc1ccc2c3ccc(CC)cc3n(-c3ccccc3-c3cccc(-c4cccc5c4sc4ccccc45)c3)c2c1. The lowest BCUT2D eigenvalue weighted by molar-refractivity contribution is 0.795. The quantitative estimate of drug-likeness (QED) is 0.175. The topological polar surface area (TPSA) is 4.93 Å².